The highest BCUT2D eigenvalue weighted by molar-refractivity contribution is 6.34. The lowest BCUT2D eigenvalue weighted by Crippen LogP contribution is -2.49. The highest BCUT2D eigenvalue weighted by Crippen LogP contribution is 2.62. The smallest absolute Gasteiger partial charge is 0.238 e. The molecule has 1 N–H and O–H groups in total. The summed E-state index contributed by atoms with van der Waals surface area (Å²) in [5, 5.41) is 3.36. The second-order valence-electron chi connectivity index (χ2n) is 10.7. The van der Waals surface area contributed by atoms with Gasteiger partial charge in [-0.1, -0.05) is 78.3 Å². The second-order valence-corrected chi connectivity index (χ2v) is 11.1. The molecule has 42 heavy (non-hydrogen) atoms. The van der Waals surface area contributed by atoms with Crippen molar-refractivity contribution in [3.8, 4) is 5.75 Å². The van der Waals surface area contributed by atoms with Crippen LogP contribution in [0.15, 0.2) is 103 Å². The normalized spacial score (nSPS) is 23.2. The van der Waals surface area contributed by atoms with Crippen LogP contribution in [0, 0.1) is 5.92 Å². The number of nitrogens with zero attached hydrogens (tertiary/aromatic N) is 1. The van der Waals surface area contributed by atoms with Gasteiger partial charge in [0.25, 0.3) is 0 Å². The minimum Gasteiger partial charge on any atom is -0.493 e. The number of fused-ring (bicyclic) bond motifs is 6. The molecule has 0 saturated carbocycles. The van der Waals surface area contributed by atoms with Crippen molar-refractivity contribution >= 4 is 40.8 Å². The highest BCUT2D eigenvalue weighted by Gasteiger charge is 2.71. The molecule has 0 aliphatic carbocycles. The number of carbonyl (C=O) groups excluding carboxylic acids is 3. The molecule has 4 aromatic rings. The molecule has 1 saturated heterocycles. The van der Waals surface area contributed by atoms with E-state index < -0.39 is 23.4 Å². The van der Waals surface area contributed by atoms with Crippen molar-refractivity contribution in [3.05, 3.63) is 136 Å². The molecule has 1 spiro atoms. The zero-order valence-corrected chi connectivity index (χ0v) is 23.5. The van der Waals surface area contributed by atoms with E-state index in [1.165, 1.54) is 0 Å². The number of ether oxygens (including phenoxy) is 1. The van der Waals surface area contributed by atoms with E-state index >= 15 is 4.79 Å². The Balaban J connectivity index is 1.55. The highest BCUT2D eigenvalue weighted by atomic mass is 35.5. The van der Waals surface area contributed by atoms with Gasteiger partial charge >= 0.3 is 0 Å². The Hall–Kier alpha value is -4.68. The summed E-state index contributed by atoms with van der Waals surface area (Å²) < 4.78 is 5.88. The molecule has 6 nitrogen and oxygen atoms in total. The van der Waals surface area contributed by atoms with E-state index in [-0.39, 0.29) is 17.5 Å². The number of benzene rings is 4. The van der Waals surface area contributed by atoms with Gasteiger partial charge < -0.3 is 15.0 Å². The van der Waals surface area contributed by atoms with E-state index in [0.29, 0.717) is 39.8 Å². The quantitative estimate of drug-likeness (QED) is 0.259. The average molecular weight is 575 g/mol. The summed E-state index contributed by atoms with van der Waals surface area (Å²) in [6.45, 7) is 2.21. The van der Waals surface area contributed by atoms with Crippen LogP contribution in [0.3, 0.4) is 0 Å². The van der Waals surface area contributed by atoms with Gasteiger partial charge in [0.15, 0.2) is 11.6 Å². The van der Waals surface area contributed by atoms with E-state index in [4.69, 9.17) is 16.3 Å². The molecule has 208 valence electrons. The van der Waals surface area contributed by atoms with Crippen molar-refractivity contribution in [2.75, 3.05) is 11.9 Å². The van der Waals surface area contributed by atoms with Crippen LogP contribution in [0.25, 0.3) is 6.08 Å². The van der Waals surface area contributed by atoms with Crippen LogP contribution in [0.2, 0.25) is 5.02 Å². The fourth-order valence-electron chi connectivity index (χ4n) is 7.11. The predicted molar refractivity (Wildman–Crippen MR) is 162 cm³/mol. The predicted octanol–water partition coefficient (Wildman–Crippen LogP) is 6.72. The van der Waals surface area contributed by atoms with Crippen LogP contribution >= 0.6 is 11.6 Å². The minimum absolute atomic E-state index is 0.290. The Morgan fingerprint density at radius 3 is 2.38 bits per heavy atom. The Labute approximate surface area is 248 Å². The number of ketones is 2. The summed E-state index contributed by atoms with van der Waals surface area (Å²) in [6, 6.07) is 27.5. The van der Waals surface area contributed by atoms with Gasteiger partial charge in [-0.3, -0.25) is 14.4 Å². The van der Waals surface area contributed by atoms with Gasteiger partial charge in [-0.05, 0) is 60.0 Å². The Bertz CT molecular complexity index is 1800. The number of nitrogens with one attached hydrogen (secondary N) is 1. The topological polar surface area (TPSA) is 75.7 Å². The largest absolute Gasteiger partial charge is 0.493 e. The second kappa shape index (κ2) is 10.00. The first-order valence-corrected chi connectivity index (χ1v) is 14.4. The van der Waals surface area contributed by atoms with Crippen molar-refractivity contribution in [2.24, 2.45) is 5.92 Å². The molecule has 4 atom stereocenters. The van der Waals surface area contributed by atoms with E-state index in [1.807, 2.05) is 72.6 Å². The molecule has 0 radical (unpaired) electrons. The average Bonchev–Trinajstić information content (AvgIpc) is 3.49. The van der Waals surface area contributed by atoms with Gasteiger partial charge in [0.1, 0.15) is 17.2 Å². The fraction of sp³-hybridized carbons (Fsp3) is 0.171. The number of anilines is 1. The molecule has 0 aromatic heterocycles. The molecule has 7 rings (SSSR count). The standard InChI is InChI=1S/C35H27ClN2O4/c1-2-42-28-18-10-6-14-24(28)31(39)29-30(32(40)23-13-5-8-16-26(23)36)38-20-19-21-11-3-4-12-22(21)33(38)35(29)25-15-7-9-17-27(25)37-34(35)41/h3-20,29-30,33H,2H2,1H3,(H,37,41)/t29-,30+,33+,35-/m0/s1. The van der Waals surface area contributed by atoms with E-state index in [2.05, 4.69) is 5.32 Å². The minimum atomic E-state index is -1.42. The summed E-state index contributed by atoms with van der Waals surface area (Å²) in [6.07, 6.45) is 3.79. The first-order valence-electron chi connectivity index (χ1n) is 14.0. The monoisotopic (exact) mass is 574 g/mol. The van der Waals surface area contributed by atoms with Gasteiger partial charge in [0.05, 0.1) is 29.2 Å². The summed E-state index contributed by atoms with van der Waals surface area (Å²) in [5.74, 6) is -1.66. The molecule has 4 aromatic carbocycles. The third kappa shape index (κ3) is 3.61. The molecule has 3 heterocycles. The number of carbonyl (C=O) groups is 3. The molecular weight excluding hydrogens is 548 g/mol. The molecule has 3 aliphatic rings. The Morgan fingerprint density at radius 1 is 0.881 bits per heavy atom. The summed E-state index contributed by atoms with van der Waals surface area (Å²) in [7, 11) is 0. The number of halogens is 1. The van der Waals surface area contributed by atoms with Gasteiger partial charge in [0, 0.05) is 17.5 Å². The zero-order chi connectivity index (χ0) is 29.0. The number of amides is 1. The lowest BCUT2D eigenvalue weighted by molar-refractivity contribution is -0.122. The maximum atomic E-state index is 15.0. The lowest BCUT2D eigenvalue weighted by Gasteiger charge is -2.38. The Kier molecular flexibility index (Phi) is 6.24. The first kappa shape index (κ1) is 26.2. The number of rotatable bonds is 6. The van der Waals surface area contributed by atoms with Crippen LogP contribution in [-0.2, 0) is 10.2 Å². The maximum absolute atomic E-state index is 15.0. The van der Waals surface area contributed by atoms with Crippen molar-refractivity contribution in [1.82, 2.24) is 4.90 Å². The summed E-state index contributed by atoms with van der Waals surface area (Å²) in [4.78, 5) is 46.2. The van der Waals surface area contributed by atoms with Crippen LogP contribution in [0.4, 0.5) is 5.69 Å². The molecule has 1 fully saturated rings. The molecule has 7 heteroatoms. The maximum Gasteiger partial charge on any atom is 0.238 e. The van der Waals surface area contributed by atoms with Gasteiger partial charge in [-0.2, -0.15) is 0 Å². The van der Waals surface area contributed by atoms with Crippen molar-refractivity contribution in [3.63, 3.8) is 0 Å². The SMILES string of the molecule is CCOc1ccccc1C(=O)[C@@H]1[C@H](C(=O)c2ccccc2Cl)N2C=Cc3ccccc3[C@@H]2[C@@]12C(=O)Nc1ccccc12. The van der Waals surface area contributed by atoms with E-state index in [9.17, 15) is 9.59 Å². The fourth-order valence-corrected chi connectivity index (χ4v) is 7.34. The molecule has 1 amide bonds. The number of para-hydroxylation sites is 2. The number of hydrogen-bond acceptors (Lipinski definition) is 5. The molecule has 0 unspecified atom stereocenters. The van der Waals surface area contributed by atoms with Crippen molar-refractivity contribution < 1.29 is 19.1 Å². The summed E-state index contributed by atoms with van der Waals surface area (Å²) in [5.41, 5.74) is 2.34. The van der Waals surface area contributed by atoms with Crippen LogP contribution in [0.5, 0.6) is 5.75 Å². The third-order valence-corrected chi connectivity index (χ3v) is 9.04. The molecule has 0 bridgehead atoms. The zero-order valence-electron chi connectivity index (χ0n) is 22.8. The van der Waals surface area contributed by atoms with Crippen molar-refractivity contribution in [1.29, 1.82) is 0 Å². The number of hydrogen-bond donors (Lipinski definition) is 1. The van der Waals surface area contributed by atoms with Gasteiger partial charge in [0.2, 0.25) is 5.91 Å². The lowest BCUT2D eigenvalue weighted by atomic mass is 9.62. The van der Waals surface area contributed by atoms with Crippen LogP contribution in [-0.4, -0.2) is 35.0 Å². The van der Waals surface area contributed by atoms with E-state index in [1.54, 1.807) is 48.5 Å². The van der Waals surface area contributed by atoms with Crippen molar-refractivity contribution in [2.45, 2.75) is 24.4 Å². The first-order chi connectivity index (χ1) is 20.5. The van der Waals surface area contributed by atoms with Crippen LogP contribution in [0.1, 0.15) is 50.4 Å². The van der Waals surface area contributed by atoms with E-state index in [0.717, 1.165) is 11.1 Å². The van der Waals surface area contributed by atoms with Crippen LogP contribution < -0.4 is 10.1 Å². The third-order valence-electron chi connectivity index (χ3n) is 8.71. The number of Topliss-reactive ketones (excluding diaryl/α,β-unsaturated/α-hetero) is 2. The molecule has 3 aliphatic heterocycles. The molecular formula is C35H27ClN2O4. The summed E-state index contributed by atoms with van der Waals surface area (Å²) >= 11 is 6.58. The Morgan fingerprint density at radius 2 is 1.57 bits per heavy atom. The van der Waals surface area contributed by atoms with Gasteiger partial charge in [-0.15, -0.1) is 0 Å². The van der Waals surface area contributed by atoms with Gasteiger partial charge in [-0.25, -0.2) is 0 Å².